The van der Waals surface area contributed by atoms with Crippen LogP contribution in [0.3, 0.4) is 0 Å². The van der Waals surface area contributed by atoms with Crippen molar-refractivity contribution in [3.8, 4) is 22.8 Å². The van der Waals surface area contributed by atoms with E-state index in [4.69, 9.17) is 33.2 Å². The fourth-order valence-electron chi connectivity index (χ4n) is 5.13. The van der Waals surface area contributed by atoms with Gasteiger partial charge in [-0.05, 0) is 49.8 Å². The fourth-order valence-corrected chi connectivity index (χ4v) is 5.13. The van der Waals surface area contributed by atoms with Crippen LogP contribution in [-0.4, -0.2) is 64.0 Å². The lowest BCUT2D eigenvalue weighted by Gasteiger charge is -2.30. The number of hydrogen-bond acceptors (Lipinski definition) is 8. The molecule has 5 rings (SSSR count). The number of ether oxygens (including phenoxy) is 5. The number of fused-ring (bicyclic) bond motifs is 1. The van der Waals surface area contributed by atoms with Crippen LogP contribution in [0.2, 0.25) is 0 Å². The SMILES string of the molecule is CCc1nn2c(-c3c(OC)cc(COC)cc3OC)c(C)oc2c1N(CC1CC1)CC1COCOC1. The van der Waals surface area contributed by atoms with Gasteiger partial charge in [-0.2, -0.15) is 9.61 Å². The number of aryl methyl sites for hydroxylation is 2. The molecule has 0 unspecified atom stereocenters. The molecule has 1 saturated carbocycles. The average molecular weight is 500 g/mol. The normalized spacial score (nSPS) is 16.6. The van der Waals surface area contributed by atoms with Gasteiger partial charge in [0.05, 0.1) is 45.3 Å². The number of anilines is 1. The number of hydrogen-bond donors (Lipinski definition) is 0. The van der Waals surface area contributed by atoms with Gasteiger partial charge in [-0.25, -0.2) is 0 Å². The van der Waals surface area contributed by atoms with Crippen LogP contribution in [0, 0.1) is 18.8 Å². The van der Waals surface area contributed by atoms with Crippen LogP contribution in [0.5, 0.6) is 11.5 Å². The maximum Gasteiger partial charge on any atom is 0.246 e. The van der Waals surface area contributed by atoms with E-state index in [1.807, 2.05) is 23.6 Å². The fraction of sp³-hybridized carbons (Fsp3) is 0.593. The molecule has 9 nitrogen and oxygen atoms in total. The second-order valence-corrected chi connectivity index (χ2v) is 9.75. The Kier molecular flexibility index (Phi) is 7.41. The molecule has 1 aliphatic heterocycles. The van der Waals surface area contributed by atoms with Gasteiger partial charge in [0.25, 0.3) is 0 Å². The molecule has 3 heterocycles. The molecule has 0 amide bonds. The number of aromatic nitrogens is 2. The molecule has 3 aromatic rings. The molecule has 2 aromatic heterocycles. The zero-order chi connectivity index (χ0) is 25.2. The summed E-state index contributed by atoms with van der Waals surface area (Å²) in [6.07, 6.45) is 3.33. The monoisotopic (exact) mass is 499 g/mol. The Labute approximate surface area is 212 Å². The lowest BCUT2D eigenvalue weighted by molar-refractivity contribution is -0.123. The van der Waals surface area contributed by atoms with Crippen molar-refractivity contribution in [1.82, 2.24) is 9.61 Å². The van der Waals surface area contributed by atoms with Gasteiger partial charge < -0.3 is 33.0 Å². The van der Waals surface area contributed by atoms with E-state index in [0.29, 0.717) is 49.9 Å². The van der Waals surface area contributed by atoms with Gasteiger partial charge in [0, 0.05) is 26.1 Å². The van der Waals surface area contributed by atoms with E-state index in [-0.39, 0.29) is 0 Å². The van der Waals surface area contributed by atoms with Crippen LogP contribution in [0.1, 0.15) is 36.8 Å². The zero-order valence-electron chi connectivity index (χ0n) is 22.0. The summed E-state index contributed by atoms with van der Waals surface area (Å²) in [6, 6.07) is 3.96. The molecule has 2 fully saturated rings. The smallest absolute Gasteiger partial charge is 0.246 e. The lowest BCUT2D eigenvalue weighted by Crippen LogP contribution is -2.38. The third-order valence-electron chi connectivity index (χ3n) is 6.98. The standard InChI is InChI=1S/C27H37N3O6/c1-6-21-26(29(11-18-7-8-18)12-20-14-34-16-35-15-20)27-30(28-21)25(17(2)36-27)24-22(32-4)9-19(13-31-3)10-23(24)33-5/h9-10,18,20H,6-8,11-16H2,1-5H3. The van der Waals surface area contributed by atoms with Gasteiger partial charge in [0.2, 0.25) is 5.71 Å². The van der Waals surface area contributed by atoms with E-state index in [0.717, 1.165) is 59.2 Å². The first-order valence-electron chi connectivity index (χ1n) is 12.7. The average Bonchev–Trinajstić information content (AvgIpc) is 3.56. The molecule has 0 radical (unpaired) electrons. The molecular formula is C27H37N3O6. The van der Waals surface area contributed by atoms with Crippen molar-refractivity contribution >= 4 is 11.4 Å². The highest BCUT2D eigenvalue weighted by molar-refractivity contribution is 5.81. The van der Waals surface area contributed by atoms with Gasteiger partial charge >= 0.3 is 0 Å². The second-order valence-electron chi connectivity index (χ2n) is 9.75. The number of oxazole rings is 1. The number of rotatable bonds is 11. The van der Waals surface area contributed by atoms with Crippen LogP contribution in [0.15, 0.2) is 16.5 Å². The molecule has 0 bridgehead atoms. The topological polar surface area (TPSA) is 79.8 Å². The Hall–Kier alpha value is -2.75. The minimum absolute atomic E-state index is 0.307. The Balaban J connectivity index is 1.63. The molecule has 1 aromatic carbocycles. The Morgan fingerprint density at radius 3 is 2.28 bits per heavy atom. The zero-order valence-corrected chi connectivity index (χ0v) is 22.0. The summed E-state index contributed by atoms with van der Waals surface area (Å²) in [7, 11) is 5.01. The number of methoxy groups -OCH3 is 3. The van der Waals surface area contributed by atoms with Crippen molar-refractivity contribution in [2.24, 2.45) is 11.8 Å². The molecule has 0 N–H and O–H groups in total. The van der Waals surface area contributed by atoms with E-state index in [9.17, 15) is 0 Å². The van der Waals surface area contributed by atoms with Crippen molar-refractivity contribution < 1.29 is 28.1 Å². The Morgan fingerprint density at radius 2 is 1.69 bits per heavy atom. The van der Waals surface area contributed by atoms with E-state index in [2.05, 4.69) is 11.8 Å². The van der Waals surface area contributed by atoms with Gasteiger partial charge in [-0.3, -0.25) is 0 Å². The minimum atomic E-state index is 0.307. The van der Waals surface area contributed by atoms with Crippen LogP contribution in [0.4, 0.5) is 5.69 Å². The summed E-state index contributed by atoms with van der Waals surface area (Å²) < 4.78 is 36.6. The summed E-state index contributed by atoms with van der Waals surface area (Å²) in [6.45, 7) is 8.19. The van der Waals surface area contributed by atoms with Crippen LogP contribution in [-0.2, 0) is 27.2 Å². The highest BCUT2D eigenvalue weighted by Crippen LogP contribution is 2.44. The summed E-state index contributed by atoms with van der Waals surface area (Å²) in [5, 5.41) is 5.06. The van der Waals surface area contributed by atoms with Gasteiger partial charge in [-0.1, -0.05) is 6.92 Å². The molecule has 196 valence electrons. The molecule has 2 aliphatic rings. The first kappa shape index (κ1) is 24.9. The quantitative estimate of drug-likeness (QED) is 0.383. The first-order chi connectivity index (χ1) is 17.6. The predicted octanol–water partition coefficient (Wildman–Crippen LogP) is 4.47. The van der Waals surface area contributed by atoms with E-state index in [1.54, 1.807) is 21.3 Å². The molecule has 0 spiro atoms. The van der Waals surface area contributed by atoms with Crippen molar-refractivity contribution in [3.63, 3.8) is 0 Å². The summed E-state index contributed by atoms with van der Waals surface area (Å²) in [4.78, 5) is 2.45. The van der Waals surface area contributed by atoms with Crippen molar-refractivity contribution in [2.45, 2.75) is 39.7 Å². The van der Waals surface area contributed by atoms with Gasteiger partial charge in [-0.15, -0.1) is 0 Å². The van der Waals surface area contributed by atoms with Gasteiger partial charge in [0.1, 0.15) is 35.4 Å². The third kappa shape index (κ3) is 4.79. The molecule has 36 heavy (non-hydrogen) atoms. The summed E-state index contributed by atoms with van der Waals surface area (Å²) >= 11 is 0. The first-order valence-corrected chi connectivity index (χ1v) is 12.7. The van der Waals surface area contributed by atoms with Crippen LogP contribution < -0.4 is 14.4 Å². The maximum absolute atomic E-state index is 6.48. The summed E-state index contributed by atoms with van der Waals surface area (Å²) in [5.41, 5.74) is 5.45. The molecular weight excluding hydrogens is 462 g/mol. The molecule has 0 atom stereocenters. The predicted molar refractivity (Wildman–Crippen MR) is 136 cm³/mol. The Bertz CT molecular complexity index is 1170. The lowest BCUT2D eigenvalue weighted by atomic mass is 10.0. The molecule has 1 aliphatic carbocycles. The van der Waals surface area contributed by atoms with Crippen molar-refractivity contribution in [3.05, 3.63) is 29.2 Å². The van der Waals surface area contributed by atoms with Crippen LogP contribution in [0.25, 0.3) is 17.0 Å². The maximum atomic E-state index is 6.48. The largest absolute Gasteiger partial charge is 0.496 e. The van der Waals surface area contributed by atoms with Gasteiger partial charge in [0.15, 0.2) is 0 Å². The Morgan fingerprint density at radius 1 is 1.03 bits per heavy atom. The number of nitrogens with zero attached hydrogens (tertiary/aromatic N) is 3. The highest BCUT2D eigenvalue weighted by Gasteiger charge is 2.33. The van der Waals surface area contributed by atoms with Crippen LogP contribution >= 0.6 is 0 Å². The number of benzene rings is 1. The molecule has 1 saturated heterocycles. The van der Waals surface area contributed by atoms with Crippen molar-refractivity contribution in [1.29, 1.82) is 0 Å². The van der Waals surface area contributed by atoms with Crippen molar-refractivity contribution in [2.75, 3.05) is 59.3 Å². The second kappa shape index (κ2) is 10.7. The van der Waals surface area contributed by atoms with E-state index >= 15 is 0 Å². The highest BCUT2D eigenvalue weighted by atomic mass is 16.7. The molecule has 9 heteroatoms. The van der Waals surface area contributed by atoms with E-state index in [1.165, 1.54) is 12.8 Å². The van der Waals surface area contributed by atoms with E-state index < -0.39 is 0 Å². The third-order valence-corrected chi connectivity index (χ3v) is 6.98. The summed E-state index contributed by atoms with van der Waals surface area (Å²) in [5.74, 6) is 3.15. The minimum Gasteiger partial charge on any atom is -0.496 e.